The largest absolute Gasteiger partial charge is 0.478 e. The minimum absolute atomic E-state index is 0.0209. The summed E-state index contributed by atoms with van der Waals surface area (Å²) < 4.78 is 18.8. The summed E-state index contributed by atoms with van der Waals surface area (Å²) in [6.07, 6.45) is 1.30. The summed E-state index contributed by atoms with van der Waals surface area (Å²) in [4.78, 5) is 23.3. The number of hydrogen-bond acceptors (Lipinski definition) is 3. The van der Waals surface area contributed by atoms with E-state index in [0.29, 0.717) is 16.9 Å². The molecule has 0 aliphatic carbocycles. The summed E-state index contributed by atoms with van der Waals surface area (Å²) in [5.41, 5.74) is 0.987. The second-order valence-electron chi connectivity index (χ2n) is 5.46. The van der Waals surface area contributed by atoms with E-state index in [1.807, 2.05) is 30.3 Å². The number of carboxylic acid groups (broad SMARTS) is 1. The molecule has 2 N–H and O–H groups in total. The molecule has 2 aromatic carbocycles. The lowest BCUT2D eigenvalue weighted by atomic mass is 10.1. The molecular formula is C19H14FNO4. The van der Waals surface area contributed by atoms with Gasteiger partial charge >= 0.3 is 5.97 Å². The van der Waals surface area contributed by atoms with E-state index in [1.165, 1.54) is 12.1 Å². The Morgan fingerprint density at radius 3 is 2.64 bits per heavy atom. The van der Waals surface area contributed by atoms with E-state index in [4.69, 9.17) is 9.52 Å². The third-order valence-corrected chi connectivity index (χ3v) is 3.63. The summed E-state index contributed by atoms with van der Waals surface area (Å²) in [5, 5.41) is 12.5. The van der Waals surface area contributed by atoms with Gasteiger partial charge in [0.15, 0.2) is 0 Å². The third kappa shape index (κ3) is 3.58. The zero-order valence-corrected chi connectivity index (χ0v) is 13.2. The number of carbonyl (C=O) groups excluding carboxylic acids is 1. The first kappa shape index (κ1) is 16.4. The van der Waals surface area contributed by atoms with Gasteiger partial charge in [0.2, 0.25) is 5.91 Å². The quantitative estimate of drug-likeness (QED) is 0.694. The van der Waals surface area contributed by atoms with E-state index in [0.717, 1.165) is 17.5 Å². The Kier molecular flexibility index (Phi) is 4.35. The number of benzene rings is 2. The molecule has 0 bridgehead atoms. The lowest BCUT2D eigenvalue weighted by molar-refractivity contribution is -0.111. The van der Waals surface area contributed by atoms with Crippen LogP contribution in [0.2, 0.25) is 0 Å². The minimum Gasteiger partial charge on any atom is -0.478 e. The topological polar surface area (TPSA) is 79.5 Å². The summed E-state index contributed by atoms with van der Waals surface area (Å²) in [6, 6.07) is 12.4. The Morgan fingerprint density at radius 2 is 1.92 bits per heavy atom. The van der Waals surface area contributed by atoms with Gasteiger partial charge < -0.3 is 14.8 Å². The zero-order chi connectivity index (χ0) is 18.0. The second-order valence-corrected chi connectivity index (χ2v) is 5.46. The van der Waals surface area contributed by atoms with Crippen LogP contribution in [0.25, 0.3) is 16.5 Å². The number of para-hydroxylation sites is 1. The van der Waals surface area contributed by atoms with Gasteiger partial charge in [0.25, 0.3) is 0 Å². The Morgan fingerprint density at radius 1 is 1.16 bits per heavy atom. The average molecular weight is 339 g/mol. The predicted octanol–water partition coefficient (Wildman–Crippen LogP) is 4.31. The molecule has 0 saturated carbocycles. The molecule has 6 heteroatoms. The highest BCUT2D eigenvalue weighted by atomic mass is 19.1. The number of rotatable bonds is 4. The van der Waals surface area contributed by atoms with Gasteiger partial charge in [0, 0.05) is 11.5 Å². The van der Waals surface area contributed by atoms with Crippen molar-refractivity contribution in [2.45, 2.75) is 6.92 Å². The van der Waals surface area contributed by atoms with Crippen LogP contribution in [0.4, 0.5) is 10.1 Å². The van der Waals surface area contributed by atoms with Crippen molar-refractivity contribution in [1.82, 2.24) is 0 Å². The summed E-state index contributed by atoms with van der Waals surface area (Å²) in [6.45, 7) is 1.71. The second kappa shape index (κ2) is 6.60. The number of halogens is 1. The Balaban J connectivity index is 1.84. The van der Waals surface area contributed by atoms with E-state index in [2.05, 4.69) is 5.32 Å². The molecule has 0 fully saturated rings. The first-order valence-corrected chi connectivity index (χ1v) is 7.45. The number of furan rings is 1. The fourth-order valence-electron chi connectivity index (χ4n) is 2.42. The van der Waals surface area contributed by atoms with Crippen LogP contribution in [0.3, 0.4) is 0 Å². The standard InChI is InChI=1S/C19H14FNO4/c1-11(17-9-12-4-2-3-5-16(12)25-17)8-18(22)21-15-7-6-13(20)10-14(15)19(23)24/h2-10H,1H3,(H,21,22)(H,23,24). The molecule has 5 nitrogen and oxygen atoms in total. The van der Waals surface area contributed by atoms with Gasteiger partial charge in [0.1, 0.15) is 17.2 Å². The van der Waals surface area contributed by atoms with E-state index < -0.39 is 17.7 Å². The number of amides is 1. The van der Waals surface area contributed by atoms with Gasteiger partial charge in [-0.3, -0.25) is 4.79 Å². The van der Waals surface area contributed by atoms with E-state index >= 15 is 0 Å². The van der Waals surface area contributed by atoms with E-state index in [1.54, 1.807) is 6.92 Å². The molecule has 1 heterocycles. The molecule has 1 amide bonds. The van der Waals surface area contributed by atoms with Crippen molar-refractivity contribution in [3.8, 4) is 0 Å². The molecular weight excluding hydrogens is 325 g/mol. The van der Waals surface area contributed by atoms with E-state index in [9.17, 15) is 14.0 Å². The zero-order valence-electron chi connectivity index (χ0n) is 13.2. The molecule has 0 aliphatic heterocycles. The smallest absolute Gasteiger partial charge is 0.337 e. The van der Waals surface area contributed by atoms with Crippen LogP contribution in [0.5, 0.6) is 0 Å². The maximum absolute atomic E-state index is 13.2. The van der Waals surface area contributed by atoms with Crippen molar-refractivity contribution in [2.75, 3.05) is 5.32 Å². The molecule has 3 rings (SSSR count). The number of anilines is 1. The third-order valence-electron chi connectivity index (χ3n) is 3.63. The van der Waals surface area contributed by atoms with Gasteiger partial charge in [-0.25, -0.2) is 9.18 Å². The highest BCUT2D eigenvalue weighted by molar-refractivity contribution is 6.07. The number of allylic oxidation sites excluding steroid dienone is 1. The molecule has 0 saturated heterocycles. The van der Waals surface area contributed by atoms with Gasteiger partial charge in [-0.2, -0.15) is 0 Å². The van der Waals surface area contributed by atoms with Crippen LogP contribution in [0, 0.1) is 5.82 Å². The highest BCUT2D eigenvalue weighted by Gasteiger charge is 2.13. The van der Waals surface area contributed by atoms with Crippen LogP contribution < -0.4 is 5.32 Å². The molecule has 126 valence electrons. The fourth-order valence-corrected chi connectivity index (χ4v) is 2.42. The van der Waals surface area contributed by atoms with Gasteiger partial charge in [0.05, 0.1) is 11.3 Å². The Hall–Kier alpha value is -3.41. The van der Waals surface area contributed by atoms with Crippen molar-refractivity contribution in [2.24, 2.45) is 0 Å². The fraction of sp³-hybridized carbons (Fsp3) is 0.0526. The maximum atomic E-state index is 13.2. The van der Waals surface area contributed by atoms with Crippen LogP contribution >= 0.6 is 0 Å². The first-order valence-electron chi connectivity index (χ1n) is 7.45. The SMILES string of the molecule is CC(=CC(=O)Nc1ccc(F)cc1C(=O)O)c1cc2ccccc2o1. The van der Waals surface area contributed by atoms with Crippen LogP contribution in [0.15, 0.2) is 59.0 Å². The lowest BCUT2D eigenvalue weighted by Gasteiger charge is -2.07. The Bertz CT molecular complexity index is 971. The number of carboxylic acids is 1. The van der Waals surface area contributed by atoms with E-state index in [-0.39, 0.29) is 11.3 Å². The van der Waals surface area contributed by atoms with Crippen LogP contribution in [-0.2, 0) is 4.79 Å². The van der Waals surface area contributed by atoms with Crippen molar-refractivity contribution >= 4 is 34.1 Å². The van der Waals surface area contributed by atoms with Crippen molar-refractivity contribution in [1.29, 1.82) is 0 Å². The van der Waals surface area contributed by atoms with Gasteiger partial charge in [-0.15, -0.1) is 0 Å². The van der Waals surface area contributed by atoms with Crippen molar-refractivity contribution < 1.29 is 23.5 Å². The molecule has 3 aromatic rings. The summed E-state index contributed by atoms with van der Waals surface area (Å²) in [7, 11) is 0. The molecule has 0 radical (unpaired) electrons. The summed E-state index contributed by atoms with van der Waals surface area (Å²) in [5.74, 6) is -2.02. The van der Waals surface area contributed by atoms with Crippen molar-refractivity contribution in [3.05, 3.63) is 71.7 Å². The monoisotopic (exact) mass is 339 g/mol. The number of fused-ring (bicyclic) bond motifs is 1. The van der Waals surface area contributed by atoms with Crippen molar-refractivity contribution in [3.63, 3.8) is 0 Å². The highest BCUT2D eigenvalue weighted by Crippen LogP contribution is 2.24. The molecule has 0 spiro atoms. The normalized spacial score (nSPS) is 11.5. The number of nitrogens with one attached hydrogen (secondary N) is 1. The molecule has 0 aliphatic rings. The number of aromatic carboxylic acids is 1. The van der Waals surface area contributed by atoms with Crippen LogP contribution in [0.1, 0.15) is 23.0 Å². The molecule has 0 unspecified atom stereocenters. The van der Waals surface area contributed by atoms with Gasteiger partial charge in [-0.1, -0.05) is 18.2 Å². The van der Waals surface area contributed by atoms with Gasteiger partial charge in [-0.05, 0) is 42.8 Å². The number of carbonyl (C=O) groups is 2. The maximum Gasteiger partial charge on any atom is 0.337 e. The first-order chi connectivity index (χ1) is 11.9. The summed E-state index contributed by atoms with van der Waals surface area (Å²) >= 11 is 0. The molecule has 25 heavy (non-hydrogen) atoms. The molecule has 0 atom stereocenters. The number of hydrogen-bond donors (Lipinski definition) is 2. The minimum atomic E-state index is -1.33. The molecule has 1 aromatic heterocycles. The lowest BCUT2D eigenvalue weighted by Crippen LogP contribution is -2.12. The average Bonchev–Trinajstić information content (AvgIpc) is 3.00. The van der Waals surface area contributed by atoms with Crippen LogP contribution in [-0.4, -0.2) is 17.0 Å². The predicted molar refractivity (Wildman–Crippen MR) is 91.9 cm³/mol. The Labute approximate surface area is 142 Å².